The summed E-state index contributed by atoms with van der Waals surface area (Å²) in [7, 11) is 5.61. The lowest BCUT2D eigenvalue weighted by Crippen LogP contribution is -2.55. The maximum atomic E-state index is 15.0. The Labute approximate surface area is 474 Å². The van der Waals surface area contributed by atoms with E-state index in [1.54, 1.807) is 0 Å². The summed E-state index contributed by atoms with van der Waals surface area (Å²) >= 11 is 0. The average Bonchev–Trinajstić information content (AvgIpc) is 3.44. The van der Waals surface area contributed by atoms with Crippen LogP contribution in [0.15, 0.2) is 48.5 Å². The van der Waals surface area contributed by atoms with Crippen molar-refractivity contribution >= 4 is 58.9 Å². The number of cyclic esters (lactones) is 4. The van der Waals surface area contributed by atoms with Crippen LogP contribution in [0.3, 0.4) is 0 Å². The molecule has 444 valence electrons. The summed E-state index contributed by atoms with van der Waals surface area (Å²) in [5, 5.41) is 0. The van der Waals surface area contributed by atoms with Gasteiger partial charge >= 0.3 is 23.9 Å². The average molecular weight is 1120 g/mol. The fraction of sp³-hybridized carbons (Fsp3) is 0.667. The molecule has 3 saturated heterocycles. The standard InChI is InChI=1S/C60H90N6O14/c1-37(2)31-47-57(71)77-41(9)53(67)61(11)50(34-40(7)8)60(74)80-52(36-44-17-21-46(22-18-44)66-25-29-76-30-26-66)56(70)64(14)48(32-38(3)4)58(72)78-42(10)54(68)62(12)49(33-39(5)6)59(73)79-51(55(69)63(47)13)35-43-15-19-45(20-16-43)65-23-27-75-28-24-65/h15-22,37-42,47-52H,23-36H2,1-14H3/t41-,42-,47+,48?,49+,50+,51-,52-/m1/s1. The highest BCUT2D eigenvalue weighted by Crippen LogP contribution is 2.26. The van der Waals surface area contributed by atoms with E-state index in [1.807, 2.05) is 104 Å². The quantitative estimate of drug-likeness (QED) is 0.173. The van der Waals surface area contributed by atoms with E-state index in [4.69, 9.17) is 28.4 Å². The minimum absolute atomic E-state index is 0.0939. The van der Waals surface area contributed by atoms with Gasteiger partial charge in [-0.1, -0.05) is 79.7 Å². The number of carbonyl (C=O) groups excluding carboxylic acids is 8. The zero-order valence-corrected chi connectivity index (χ0v) is 49.8. The van der Waals surface area contributed by atoms with Crippen LogP contribution in [-0.4, -0.2) is 196 Å². The van der Waals surface area contributed by atoms with Crippen molar-refractivity contribution in [2.75, 3.05) is 90.6 Å². The first-order chi connectivity index (χ1) is 37.8. The third-order valence-electron chi connectivity index (χ3n) is 14.9. The Balaban J connectivity index is 1.59. The van der Waals surface area contributed by atoms with Gasteiger partial charge in [0.05, 0.1) is 26.4 Å². The second-order valence-corrected chi connectivity index (χ2v) is 23.3. The fourth-order valence-electron chi connectivity index (χ4n) is 10.2. The van der Waals surface area contributed by atoms with Crippen LogP contribution in [0.25, 0.3) is 0 Å². The number of esters is 4. The molecule has 5 rings (SSSR count). The van der Waals surface area contributed by atoms with Gasteiger partial charge in [-0.2, -0.15) is 0 Å². The normalized spacial score (nSPS) is 25.6. The van der Waals surface area contributed by atoms with Crippen molar-refractivity contribution < 1.29 is 66.8 Å². The second kappa shape index (κ2) is 30.0. The molecule has 80 heavy (non-hydrogen) atoms. The van der Waals surface area contributed by atoms with E-state index >= 15 is 0 Å². The molecule has 3 aliphatic heterocycles. The summed E-state index contributed by atoms with van der Waals surface area (Å²) in [6.07, 6.45) is -5.82. The summed E-state index contributed by atoms with van der Waals surface area (Å²) in [6, 6.07) is 9.92. The minimum atomic E-state index is -1.51. The predicted octanol–water partition coefficient (Wildman–Crippen LogP) is 5.34. The monoisotopic (exact) mass is 1120 g/mol. The molecule has 1 unspecified atom stereocenters. The Morgan fingerprint density at radius 3 is 0.900 bits per heavy atom. The number of anilines is 2. The van der Waals surface area contributed by atoms with Crippen LogP contribution in [0.5, 0.6) is 0 Å². The number of benzene rings is 2. The van der Waals surface area contributed by atoms with E-state index < -0.39 is 96.1 Å². The van der Waals surface area contributed by atoms with Crippen LogP contribution in [0, 0.1) is 23.7 Å². The van der Waals surface area contributed by atoms with E-state index in [1.165, 1.54) is 51.8 Å². The lowest BCUT2D eigenvalue weighted by molar-refractivity contribution is -0.176. The summed E-state index contributed by atoms with van der Waals surface area (Å²) in [5.74, 6) is -7.28. The Kier molecular flexibility index (Phi) is 24.2. The molecule has 8 atom stereocenters. The molecular formula is C60H90N6O14. The van der Waals surface area contributed by atoms with Crippen LogP contribution in [0.2, 0.25) is 0 Å². The number of likely N-dealkylation sites (N-methyl/N-ethyl adjacent to an activating group) is 4. The summed E-state index contributed by atoms with van der Waals surface area (Å²) in [6.45, 7) is 22.7. The Morgan fingerprint density at radius 1 is 0.388 bits per heavy atom. The van der Waals surface area contributed by atoms with Crippen LogP contribution >= 0.6 is 0 Å². The Hall–Kier alpha value is -6.28. The number of rotatable bonds is 14. The highest BCUT2D eigenvalue weighted by atomic mass is 16.6. The highest BCUT2D eigenvalue weighted by molar-refractivity contribution is 5.94. The number of amides is 4. The Morgan fingerprint density at radius 2 is 0.637 bits per heavy atom. The fourth-order valence-corrected chi connectivity index (χ4v) is 10.2. The molecule has 20 heteroatoms. The maximum Gasteiger partial charge on any atom is 0.329 e. The zero-order valence-electron chi connectivity index (χ0n) is 49.8. The first kappa shape index (κ1) is 64.5. The van der Waals surface area contributed by atoms with Crippen LogP contribution in [0.1, 0.15) is 106 Å². The molecule has 0 saturated carbocycles. The maximum absolute atomic E-state index is 15.0. The number of morpholine rings is 2. The molecule has 0 aromatic heterocycles. The molecule has 3 heterocycles. The molecule has 0 aliphatic carbocycles. The van der Waals surface area contributed by atoms with E-state index in [9.17, 15) is 38.4 Å². The van der Waals surface area contributed by atoms with E-state index in [0.717, 1.165) is 21.2 Å². The molecule has 3 aliphatic rings. The molecule has 0 bridgehead atoms. The first-order valence-electron chi connectivity index (χ1n) is 28.5. The van der Waals surface area contributed by atoms with Gasteiger partial charge in [0.15, 0.2) is 24.4 Å². The van der Waals surface area contributed by atoms with Crippen molar-refractivity contribution in [3.8, 4) is 0 Å². The number of hydrogen-bond acceptors (Lipinski definition) is 16. The molecule has 3 fully saturated rings. The number of carbonyl (C=O) groups is 8. The molecule has 2 aromatic rings. The smallest absolute Gasteiger partial charge is 0.329 e. The molecule has 0 radical (unpaired) electrons. The van der Waals surface area contributed by atoms with Gasteiger partial charge in [-0.05, 0) is 98.6 Å². The predicted molar refractivity (Wildman–Crippen MR) is 301 cm³/mol. The summed E-state index contributed by atoms with van der Waals surface area (Å²) in [5.41, 5.74) is 3.17. The third kappa shape index (κ3) is 17.9. The lowest BCUT2D eigenvalue weighted by Gasteiger charge is -2.35. The number of nitrogens with zero attached hydrogens (tertiary/aromatic N) is 6. The van der Waals surface area contributed by atoms with Gasteiger partial charge in [0, 0.05) is 78.6 Å². The van der Waals surface area contributed by atoms with Crippen molar-refractivity contribution in [3.05, 3.63) is 59.7 Å². The van der Waals surface area contributed by atoms with E-state index in [2.05, 4.69) is 9.80 Å². The first-order valence-corrected chi connectivity index (χ1v) is 28.5. The van der Waals surface area contributed by atoms with Gasteiger partial charge in [-0.25, -0.2) is 19.2 Å². The van der Waals surface area contributed by atoms with E-state index in [0.29, 0.717) is 63.7 Å². The molecule has 20 nitrogen and oxygen atoms in total. The van der Waals surface area contributed by atoms with Crippen LogP contribution in [-0.2, 0) is 79.6 Å². The molecular weight excluding hydrogens is 1030 g/mol. The van der Waals surface area contributed by atoms with E-state index in [-0.39, 0.29) is 62.2 Å². The van der Waals surface area contributed by atoms with Crippen LogP contribution < -0.4 is 9.80 Å². The number of ether oxygens (including phenoxy) is 6. The van der Waals surface area contributed by atoms with Gasteiger partial charge in [-0.3, -0.25) is 19.2 Å². The van der Waals surface area contributed by atoms with Crippen LogP contribution in [0.4, 0.5) is 11.4 Å². The van der Waals surface area contributed by atoms with Crippen molar-refractivity contribution in [1.82, 2.24) is 19.6 Å². The van der Waals surface area contributed by atoms with Crippen molar-refractivity contribution in [2.24, 2.45) is 23.7 Å². The van der Waals surface area contributed by atoms with Crippen molar-refractivity contribution in [3.63, 3.8) is 0 Å². The summed E-state index contributed by atoms with van der Waals surface area (Å²) < 4.78 is 35.3. The SMILES string of the molecule is CC(C)CC1C(=O)O[C@H](C)C(=O)N(C)[C@@H](CC(C)C)C(=O)O[C@H](Cc2ccc(N3CCOCC3)cc2)C(=O)N(C)[C@@H](CC(C)C)C(=O)O[C@H](C)C(=O)N(C)[C@@H](CC(C)C)C(=O)O[C@H](Cc2ccc(N3CCOCC3)cc2)C(=O)N1C. The zero-order chi connectivity index (χ0) is 59.1. The largest absolute Gasteiger partial charge is 0.451 e. The topological polar surface area (TPSA) is 211 Å². The highest BCUT2D eigenvalue weighted by Gasteiger charge is 2.43. The van der Waals surface area contributed by atoms with Gasteiger partial charge in [0.1, 0.15) is 24.2 Å². The second-order valence-electron chi connectivity index (χ2n) is 23.3. The molecule has 0 spiro atoms. The molecule has 2 aromatic carbocycles. The number of hydrogen-bond donors (Lipinski definition) is 0. The van der Waals surface area contributed by atoms with Gasteiger partial charge in [0.25, 0.3) is 23.6 Å². The van der Waals surface area contributed by atoms with Gasteiger partial charge in [0.2, 0.25) is 0 Å². The molecule has 4 amide bonds. The van der Waals surface area contributed by atoms with Crippen molar-refractivity contribution in [2.45, 2.75) is 156 Å². The lowest BCUT2D eigenvalue weighted by atomic mass is 10.00. The van der Waals surface area contributed by atoms with Crippen molar-refractivity contribution in [1.29, 1.82) is 0 Å². The summed E-state index contributed by atoms with van der Waals surface area (Å²) in [4.78, 5) is 126. The Bertz CT molecular complexity index is 2220. The van der Waals surface area contributed by atoms with Gasteiger partial charge < -0.3 is 57.8 Å². The minimum Gasteiger partial charge on any atom is -0.451 e. The van der Waals surface area contributed by atoms with Gasteiger partial charge in [-0.15, -0.1) is 0 Å². The third-order valence-corrected chi connectivity index (χ3v) is 14.9. The molecule has 0 N–H and O–H groups in total.